The van der Waals surface area contributed by atoms with Crippen molar-refractivity contribution in [1.29, 1.82) is 0 Å². The number of nitro groups is 1. The molecule has 0 radical (unpaired) electrons. The third kappa shape index (κ3) is 6.58. The summed E-state index contributed by atoms with van der Waals surface area (Å²) >= 11 is 0. The first-order valence-electron chi connectivity index (χ1n) is 7.76. The molecule has 0 heterocycles. The number of likely N-dealkylation sites (N-methyl/N-ethyl adjacent to an activating group) is 1. The number of ether oxygens (including phenoxy) is 1. The van der Waals surface area contributed by atoms with Crippen LogP contribution in [0.1, 0.15) is 30.1 Å². The molecule has 1 N–H and O–H groups in total. The van der Waals surface area contributed by atoms with Crippen molar-refractivity contribution >= 4 is 23.5 Å². The van der Waals surface area contributed by atoms with E-state index in [9.17, 15) is 24.5 Å². The molecule has 1 aromatic rings. The van der Waals surface area contributed by atoms with Crippen molar-refractivity contribution in [2.75, 3.05) is 26.7 Å². The molecule has 0 saturated heterocycles. The van der Waals surface area contributed by atoms with Crippen LogP contribution < -0.4 is 5.32 Å². The highest BCUT2D eigenvalue weighted by Gasteiger charge is 2.14. The van der Waals surface area contributed by atoms with E-state index >= 15 is 0 Å². The molecule has 0 aliphatic heterocycles. The molecule has 0 saturated carbocycles. The molecule has 0 aromatic heterocycles. The minimum Gasteiger partial charge on any atom is -0.469 e. The van der Waals surface area contributed by atoms with E-state index in [1.165, 1.54) is 36.3 Å². The van der Waals surface area contributed by atoms with E-state index in [0.717, 1.165) is 0 Å². The first-order valence-corrected chi connectivity index (χ1v) is 7.76. The van der Waals surface area contributed by atoms with Crippen molar-refractivity contribution in [2.24, 2.45) is 0 Å². The lowest BCUT2D eigenvalue weighted by Crippen LogP contribution is -2.38. The molecule has 0 aliphatic carbocycles. The van der Waals surface area contributed by atoms with Crippen molar-refractivity contribution in [1.82, 2.24) is 10.2 Å². The highest BCUT2D eigenvalue weighted by atomic mass is 16.6. The van der Waals surface area contributed by atoms with Gasteiger partial charge in [0.2, 0.25) is 5.91 Å². The average molecular weight is 351 g/mol. The van der Waals surface area contributed by atoms with Crippen molar-refractivity contribution < 1.29 is 24.0 Å². The maximum absolute atomic E-state index is 12.0. The van der Waals surface area contributed by atoms with Crippen LogP contribution >= 0.6 is 0 Å². The van der Waals surface area contributed by atoms with E-state index in [4.69, 9.17) is 0 Å². The van der Waals surface area contributed by atoms with E-state index in [1.807, 2.05) is 0 Å². The van der Waals surface area contributed by atoms with Gasteiger partial charge in [0, 0.05) is 43.8 Å². The second kappa shape index (κ2) is 10.0. The average Bonchev–Trinajstić information content (AvgIpc) is 2.62. The maximum Gasteiger partial charge on any atom is 0.306 e. The summed E-state index contributed by atoms with van der Waals surface area (Å²) in [5.74, 6) is -1.03. The Labute approximate surface area is 145 Å². The molecule has 0 atom stereocenters. The molecule has 9 heteroatoms. The Hall–Kier alpha value is -2.97. The lowest BCUT2D eigenvalue weighted by molar-refractivity contribution is -0.384. The quantitative estimate of drug-likeness (QED) is 0.405. The van der Waals surface area contributed by atoms with Gasteiger partial charge >= 0.3 is 5.97 Å². The lowest BCUT2D eigenvalue weighted by atomic mass is 10.2. The number of nitrogens with one attached hydrogen (secondary N) is 1. The molecule has 0 aliphatic rings. The van der Waals surface area contributed by atoms with Crippen LogP contribution in [0, 0.1) is 10.1 Å². The number of nitrogens with zero attached hydrogens (tertiary/aromatic N) is 2. The molecule has 25 heavy (non-hydrogen) atoms. The van der Waals surface area contributed by atoms with Gasteiger partial charge in [0.25, 0.3) is 11.6 Å². The van der Waals surface area contributed by atoms with Crippen molar-refractivity contribution in [3.05, 3.63) is 39.9 Å². The molecular weight excluding hydrogens is 330 g/mol. The van der Waals surface area contributed by atoms with Crippen LogP contribution in [0.5, 0.6) is 0 Å². The van der Waals surface area contributed by atoms with Crippen molar-refractivity contribution in [3.8, 4) is 0 Å². The van der Waals surface area contributed by atoms with E-state index < -0.39 is 10.9 Å². The summed E-state index contributed by atoms with van der Waals surface area (Å²) in [7, 11) is 1.26. The zero-order chi connectivity index (χ0) is 18.8. The first kappa shape index (κ1) is 20.1. The first-order chi connectivity index (χ1) is 11.9. The Bertz CT molecular complexity index is 629. The highest BCUT2D eigenvalue weighted by molar-refractivity contribution is 5.94. The summed E-state index contributed by atoms with van der Waals surface area (Å²) in [5.41, 5.74) is 0.204. The van der Waals surface area contributed by atoms with Crippen LogP contribution in [0.15, 0.2) is 24.3 Å². The number of rotatable bonds is 9. The molecule has 1 aromatic carbocycles. The number of nitro benzene ring substituents is 1. The van der Waals surface area contributed by atoms with Crippen molar-refractivity contribution in [3.63, 3.8) is 0 Å². The number of methoxy groups -OCH3 is 1. The second-order valence-corrected chi connectivity index (χ2v) is 5.11. The predicted molar refractivity (Wildman–Crippen MR) is 88.9 cm³/mol. The Morgan fingerprint density at radius 3 is 2.36 bits per heavy atom. The van der Waals surface area contributed by atoms with Gasteiger partial charge in [-0.2, -0.15) is 0 Å². The smallest absolute Gasteiger partial charge is 0.306 e. The van der Waals surface area contributed by atoms with Gasteiger partial charge in [0.15, 0.2) is 0 Å². The third-order valence-corrected chi connectivity index (χ3v) is 3.51. The van der Waals surface area contributed by atoms with Gasteiger partial charge in [0.1, 0.15) is 0 Å². The van der Waals surface area contributed by atoms with Crippen LogP contribution in [0.25, 0.3) is 0 Å². The molecule has 0 bridgehead atoms. The van der Waals surface area contributed by atoms with Gasteiger partial charge in [-0.05, 0) is 19.1 Å². The number of carbonyl (C=O) groups excluding carboxylic acids is 3. The van der Waals surface area contributed by atoms with Crippen LogP contribution in [-0.4, -0.2) is 54.4 Å². The summed E-state index contributed by atoms with van der Waals surface area (Å²) < 4.78 is 4.49. The summed E-state index contributed by atoms with van der Waals surface area (Å²) in [6.07, 6.45) is 0.0673. The Balaban J connectivity index is 2.45. The van der Waals surface area contributed by atoms with Crippen LogP contribution in [0.3, 0.4) is 0 Å². The maximum atomic E-state index is 12.0. The van der Waals surface area contributed by atoms with E-state index in [0.29, 0.717) is 18.7 Å². The standard InChI is InChI=1S/C16H21N3O6/c1-3-18(14(20)8-9-15(21)25-2)11-10-17-16(22)12-4-6-13(7-5-12)19(23)24/h4-7H,3,8-11H2,1-2H3,(H,17,22). The zero-order valence-electron chi connectivity index (χ0n) is 14.2. The van der Waals surface area contributed by atoms with Gasteiger partial charge in [-0.1, -0.05) is 0 Å². The molecule has 0 fully saturated rings. The fourth-order valence-electron chi connectivity index (χ4n) is 2.07. The molecule has 1 rings (SSSR count). The largest absolute Gasteiger partial charge is 0.469 e. The van der Waals surface area contributed by atoms with Gasteiger partial charge in [-0.3, -0.25) is 24.5 Å². The van der Waals surface area contributed by atoms with Gasteiger partial charge < -0.3 is 15.0 Å². The summed E-state index contributed by atoms with van der Waals surface area (Å²) in [6, 6.07) is 5.24. The Morgan fingerprint density at radius 1 is 1.20 bits per heavy atom. The van der Waals surface area contributed by atoms with E-state index in [-0.39, 0.29) is 36.9 Å². The minimum atomic E-state index is -0.541. The lowest BCUT2D eigenvalue weighted by Gasteiger charge is -2.21. The third-order valence-electron chi connectivity index (χ3n) is 3.51. The van der Waals surface area contributed by atoms with Crippen LogP contribution in [0.2, 0.25) is 0 Å². The molecule has 0 spiro atoms. The number of hydrogen-bond donors (Lipinski definition) is 1. The number of carbonyl (C=O) groups is 3. The van der Waals surface area contributed by atoms with Crippen molar-refractivity contribution in [2.45, 2.75) is 19.8 Å². The Kier molecular flexibility index (Phi) is 8.04. The molecule has 0 unspecified atom stereocenters. The predicted octanol–water partition coefficient (Wildman–Crippen LogP) is 1.13. The van der Waals surface area contributed by atoms with E-state index in [1.54, 1.807) is 6.92 Å². The van der Waals surface area contributed by atoms with E-state index in [2.05, 4.69) is 10.1 Å². The van der Waals surface area contributed by atoms with Gasteiger partial charge in [-0.25, -0.2) is 0 Å². The molecule has 9 nitrogen and oxygen atoms in total. The Morgan fingerprint density at radius 2 is 1.84 bits per heavy atom. The SMILES string of the molecule is CCN(CCNC(=O)c1ccc([N+](=O)[O-])cc1)C(=O)CCC(=O)OC. The fraction of sp³-hybridized carbons (Fsp3) is 0.438. The monoisotopic (exact) mass is 351 g/mol. The number of amides is 2. The molecule has 2 amide bonds. The minimum absolute atomic E-state index is 0.0149. The van der Waals surface area contributed by atoms with Gasteiger partial charge in [-0.15, -0.1) is 0 Å². The normalized spacial score (nSPS) is 10.0. The summed E-state index contributed by atoms with van der Waals surface area (Å²) in [4.78, 5) is 46.6. The second-order valence-electron chi connectivity index (χ2n) is 5.11. The molecule has 136 valence electrons. The fourth-order valence-corrected chi connectivity index (χ4v) is 2.07. The summed E-state index contributed by atoms with van der Waals surface area (Å²) in [5, 5.41) is 13.2. The summed E-state index contributed by atoms with van der Waals surface area (Å²) in [6.45, 7) is 2.78. The highest BCUT2D eigenvalue weighted by Crippen LogP contribution is 2.11. The number of esters is 1. The van der Waals surface area contributed by atoms with Gasteiger partial charge in [0.05, 0.1) is 18.5 Å². The number of benzene rings is 1. The van der Waals surface area contributed by atoms with Crippen LogP contribution in [-0.2, 0) is 14.3 Å². The number of hydrogen-bond acceptors (Lipinski definition) is 6. The topological polar surface area (TPSA) is 119 Å². The van der Waals surface area contributed by atoms with Crippen LogP contribution in [0.4, 0.5) is 5.69 Å². The molecular formula is C16H21N3O6. The zero-order valence-corrected chi connectivity index (χ0v) is 14.2. The number of non-ortho nitro benzene ring substituents is 1.